The van der Waals surface area contributed by atoms with E-state index in [2.05, 4.69) is 30.7 Å². The van der Waals surface area contributed by atoms with Gasteiger partial charge in [-0.3, -0.25) is 9.36 Å². The fourth-order valence-corrected chi connectivity index (χ4v) is 4.18. The van der Waals surface area contributed by atoms with Gasteiger partial charge in [-0.05, 0) is 18.9 Å². The lowest BCUT2D eigenvalue weighted by Crippen LogP contribution is -2.15. The van der Waals surface area contributed by atoms with Gasteiger partial charge >= 0.3 is 5.97 Å². The van der Waals surface area contributed by atoms with Crippen LogP contribution in [0, 0.1) is 0 Å². The quantitative estimate of drug-likeness (QED) is 0.760. The van der Waals surface area contributed by atoms with Gasteiger partial charge in [0.1, 0.15) is 0 Å². The molecule has 5 nitrogen and oxygen atoms in total. The zero-order valence-corrected chi connectivity index (χ0v) is 15.0. The van der Waals surface area contributed by atoms with Gasteiger partial charge in [-0.25, -0.2) is 0 Å². The average molecular weight is 396 g/mol. The number of nitrogens with zero attached hydrogens (tertiary/aromatic N) is 3. The van der Waals surface area contributed by atoms with Crippen LogP contribution in [0.3, 0.4) is 0 Å². The van der Waals surface area contributed by atoms with Gasteiger partial charge in [-0.1, -0.05) is 65.2 Å². The van der Waals surface area contributed by atoms with Crippen molar-refractivity contribution in [1.82, 2.24) is 14.8 Å². The Kier molecular flexibility index (Phi) is 5.38. The predicted molar refractivity (Wildman–Crippen MR) is 93.6 cm³/mol. The summed E-state index contributed by atoms with van der Waals surface area (Å²) >= 11 is 4.83. The fraction of sp³-hybridized carbons (Fsp3) is 0.438. The summed E-state index contributed by atoms with van der Waals surface area (Å²) in [7, 11) is 0. The van der Waals surface area contributed by atoms with Crippen LogP contribution in [0.2, 0.25) is 0 Å². The lowest BCUT2D eigenvalue weighted by molar-refractivity contribution is -0.133. The summed E-state index contributed by atoms with van der Waals surface area (Å²) < 4.78 is 3.12. The van der Waals surface area contributed by atoms with Crippen molar-refractivity contribution in [2.24, 2.45) is 0 Å². The van der Waals surface area contributed by atoms with Crippen LogP contribution in [0.25, 0.3) is 11.4 Å². The molecule has 1 aliphatic carbocycles. The number of halogens is 1. The Hall–Kier alpha value is -1.34. The maximum atomic E-state index is 10.9. The third-order valence-electron chi connectivity index (χ3n) is 4.04. The molecule has 0 bridgehead atoms. The van der Waals surface area contributed by atoms with Crippen molar-refractivity contribution >= 4 is 33.7 Å². The van der Waals surface area contributed by atoms with E-state index in [9.17, 15) is 4.79 Å². The van der Waals surface area contributed by atoms with Crippen LogP contribution in [-0.2, 0) is 4.79 Å². The fourth-order valence-electron chi connectivity index (χ4n) is 3.00. The number of carboxylic acids is 1. The number of aliphatic carboxylic acids is 1. The smallest absolute Gasteiger partial charge is 0.313 e. The van der Waals surface area contributed by atoms with E-state index in [0.29, 0.717) is 11.2 Å². The molecule has 1 fully saturated rings. The molecule has 0 spiro atoms. The maximum Gasteiger partial charge on any atom is 0.313 e. The molecule has 2 aromatic rings. The predicted octanol–water partition coefficient (Wildman–Crippen LogP) is 4.39. The normalized spacial score (nSPS) is 15.7. The van der Waals surface area contributed by atoms with Gasteiger partial charge in [0.2, 0.25) is 0 Å². The van der Waals surface area contributed by atoms with Crippen LogP contribution in [0.5, 0.6) is 0 Å². The summed E-state index contributed by atoms with van der Waals surface area (Å²) in [6, 6.07) is 8.29. The van der Waals surface area contributed by atoms with E-state index < -0.39 is 5.97 Å². The number of rotatable bonds is 5. The van der Waals surface area contributed by atoms with Crippen molar-refractivity contribution in [2.45, 2.75) is 43.3 Å². The number of thioether (sulfide) groups is 1. The standard InChI is InChI=1S/C16H18BrN3O2S/c17-13-9-5-4-8-12(13)15-18-19-16(23-10-14(21)22)20(15)11-6-2-1-3-7-11/h4-5,8-9,11H,1-3,6-7,10H2,(H,21,22). The van der Waals surface area contributed by atoms with Gasteiger partial charge in [0.05, 0.1) is 5.75 Å². The number of benzene rings is 1. The minimum Gasteiger partial charge on any atom is -0.481 e. The van der Waals surface area contributed by atoms with Crippen molar-refractivity contribution < 1.29 is 9.90 Å². The van der Waals surface area contributed by atoms with Crippen LogP contribution in [0.1, 0.15) is 38.1 Å². The van der Waals surface area contributed by atoms with Gasteiger partial charge in [-0.2, -0.15) is 0 Å². The molecule has 1 aliphatic rings. The largest absolute Gasteiger partial charge is 0.481 e. The van der Waals surface area contributed by atoms with Crippen LogP contribution >= 0.6 is 27.7 Å². The molecular weight excluding hydrogens is 378 g/mol. The Morgan fingerprint density at radius 3 is 2.70 bits per heavy atom. The minimum atomic E-state index is -0.837. The monoisotopic (exact) mass is 395 g/mol. The average Bonchev–Trinajstić information content (AvgIpc) is 2.98. The Bertz CT molecular complexity index is 698. The number of carbonyl (C=O) groups is 1. The highest BCUT2D eigenvalue weighted by molar-refractivity contribution is 9.10. The van der Waals surface area contributed by atoms with Crippen LogP contribution in [0.15, 0.2) is 33.9 Å². The first kappa shape index (κ1) is 16.5. The zero-order chi connectivity index (χ0) is 16.2. The summed E-state index contributed by atoms with van der Waals surface area (Å²) in [6.45, 7) is 0. The molecule has 1 N–H and O–H groups in total. The van der Waals surface area contributed by atoms with Gasteiger partial charge in [0.15, 0.2) is 11.0 Å². The first-order valence-electron chi connectivity index (χ1n) is 7.71. The van der Waals surface area contributed by atoms with Gasteiger partial charge < -0.3 is 5.11 Å². The van der Waals surface area contributed by atoms with Gasteiger partial charge in [0, 0.05) is 16.1 Å². The SMILES string of the molecule is O=C(O)CSc1nnc(-c2ccccc2Br)n1C1CCCCC1. The highest BCUT2D eigenvalue weighted by atomic mass is 79.9. The molecule has 0 saturated heterocycles. The second kappa shape index (κ2) is 7.49. The molecule has 1 saturated carbocycles. The van der Waals surface area contributed by atoms with E-state index in [-0.39, 0.29) is 5.75 Å². The maximum absolute atomic E-state index is 10.9. The van der Waals surface area contributed by atoms with E-state index in [4.69, 9.17) is 5.11 Å². The molecule has 23 heavy (non-hydrogen) atoms. The lowest BCUT2D eigenvalue weighted by Gasteiger charge is -2.25. The molecule has 0 radical (unpaired) electrons. The number of hydrogen-bond acceptors (Lipinski definition) is 4. The molecule has 0 amide bonds. The molecule has 0 atom stereocenters. The third-order valence-corrected chi connectivity index (χ3v) is 5.66. The summed E-state index contributed by atoms with van der Waals surface area (Å²) in [5.41, 5.74) is 0.993. The highest BCUT2D eigenvalue weighted by Gasteiger charge is 2.24. The molecule has 122 valence electrons. The number of aromatic nitrogens is 3. The van der Waals surface area contributed by atoms with Crippen molar-refractivity contribution in [2.75, 3.05) is 5.75 Å². The van der Waals surface area contributed by atoms with Gasteiger partial charge in [-0.15, -0.1) is 10.2 Å². The Morgan fingerprint density at radius 1 is 1.26 bits per heavy atom. The zero-order valence-electron chi connectivity index (χ0n) is 12.6. The van der Waals surface area contributed by atoms with E-state index in [1.807, 2.05) is 24.3 Å². The van der Waals surface area contributed by atoms with Gasteiger partial charge in [0.25, 0.3) is 0 Å². The van der Waals surface area contributed by atoms with Crippen LogP contribution in [-0.4, -0.2) is 31.6 Å². The lowest BCUT2D eigenvalue weighted by atomic mass is 9.95. The molecule has 0 unspecified atom stereocenters. The minimum absolute atomic E-state index is 0.000806. The van der Waals surface area contributed by atoms with Crippen LogP contribution in [0.4, 0.5) is 0 Å². The third kappa shape index (κ3) is 3.77. The molecule has 3 rings (SSSR count). The molecule has 1 heterocycles. The van der Waals surface area contributed by atoms with Crippen molar-refractivity contribution in [3.05, 3.63) is 28.7 Å². The number of hydrogen-bond donors (Lipinski definition) is 1. The first-order valence-corrected chi connectivity index (χ1v) is 9.49. The van der Waals surface area contributed by atoms with E-state index in [0.717, 1.165) is 28.7 Å². The first-order chi connectivity index (χ1) is 11.2. The van der Waals surface area contributed by atoms with Crippen molar-refractivity contribution in [1.29, 1.82) is 0 Å². The molecule has 0 aliphatic heterocycles. The Labute approximate surface area is 147 Å². The molecular formula is C16H18BrN3O2S. The molecule has 7 heteroatoms. The Balaban J connectivity index is 2.01. The van der Waals surface area contributed by atoms with E-state index in [1.165, 1.54) is 31.0 Å². The number of carboxylic acid groups (broad SMARTS) is 1. The van der Waals surface area contributed by atoms with E-state index in [1.54, 1.807) is 0 Å². The molecule has 1 aromatic heterocycles. The van der Waals surface area contributed by atoms with E-state index >= 15 is 0 Å². The summed E-state index contributed by atoms with van der Waals surface area (Å²) in [5.74, 6) is -0.0197. The molecule has 1 aromatic carbocycles. The second-order valence-electron chi connectivity index (χ2n) is 5.63. The summed E-state index contributed by atoms with van der Waals surface area (Å²) in [4.78, 5) is 10.9. The van der Waals surface area contributed by atoms with Crippen molar-refractivity contribution in [3.63, 3.8) is 0 Å². The topological polar surface area (TPSA) is 68.0 Å². The van der Waals surface area contributed by atoms with Crippen LogP contribution < -0.4 is 0 Å². The Morgan fingerprint density at radius 2 is 2.00 bits per heavy atom. The summed E-state index contributed by atoms with van der Waals surface area (Å²) in [6.07, 6.45) is 5.84. The second-order valence-corrected chi connectivity index (χ2v) is 7.43. The van der Waals surface area contributed by atoms with Crippen molar-refractivity contribution in [3.8, 4) is 11.4 Å². The highest BCUT2D eigenvalue weighted by Crippen LogP contribution is 2.37. The summed E-state index contributed by atoms with van der Waals surface area (Å²) in [5, 5.41) is 18.3.